The molecule has 1 aliphatic rings. The van der Waals surface area contributed by atoms with Crippen LogP contribution in [0.4, 0.5) is 0 Å². The lowest BCUT2D eigenvalue weighted by Gasteiger charge is -2.41. The number of aliphatic hydroxyl groups is 2. The van der Waals surface area contributed by atoms with Crippen LogP contribution in [0, 0.1) is 0 Å². The number of aliphatic hydroxyl groups excluding tert-OH is 2. The summed E-state index contributed by atoms with van der Waals surface area (Å²) in [6.07, 6.45) is -6.40. The molecule has 5 atom stereocenters. The molecule has 0 spiro atoms. The van der Waals surface area contributed by atoms with E-state index in [9.17, 15) is 19.8 Å². The van der Waals surface area contributed by atoms with E-state index in [1.165, 1.54) is 0 Å². The Bertz CT molecular complexity index is 575. The zero-order chi connectivity index (χ0) is 18.4. The van der Waals surface area contributed by atoms with Crippen molar-refractivity contribution in [2.75, 3.05) is 6.61 Å². The lowest BCUT2D eigenvalue weighted by Crippen LogP contribution is -2.61. The molecule has 25 heavy (non-hydrogen) atoms. The van der Waals surface area contributed by atoms with Crippen LogP contribution in [0.15, 0.2) is 30.3 Å². The van der Waals surface area contributed by atoms with Crippen molar-refractivity contribution >= 4 is 11.9 Å². The van der Waals surface area contributed by atoms with Gasteiger partial charge in [0.05, 0.1) is 13.2 Å². The average Bonchev–Trinajstić information content (AvgIpc) is 2.55. The first-order valence-corrected chi connectivity index (χ1v) is 7.86. The fourth-order valence-electron chi connectivity index (χ4n) is 2.56. The van der Waals surface area contributed by atoms with Gasteiger partial charge in [-0.3, -0.25) is 9.59 Å². The first kappa shape index (κ1) is 19.3. The number of carbonyl (C=O) groups is 2. The van der Waals surface area contributed by atoms with Gasteiger partial charge in [0, 0.05) is 13.8 Å². The van der Waals surface area contributed by atoms with Crippen molar-refractivity contribution in [3.63, 3.8) is 0 Å². The molecule has 138 valence electrons. The molecule has 0 bridgehead atoms. The molecule has 0 aromatic heterocycles. The predicted molar refractivity (Wildman–Crippen MR) is 84.1 cm³/mol. The van der Waals surface area contributed by atoms with Gasteiger partial charge in [-0.05, 0) is 5.56 Å². The highest BCUT2D eigenvalue weighted by molar-refractivity contribution is 5.67. The van der Waals surface area contributed by atoms with Gasteiger partial charge in [0.1, 0.15) is 12.2 Å². The summed E-state index contributed by atoms with van der Waals surface area (Å²) in [5, 5.41) is 20.4. The Labute approximate surface area is 145 Å². The van der Waals surface area contributed by atoms with Crippen molar-refractivity contribution in [2.24, 2.45) is 0 Å². The zero-order valence-electron chi connectivity index (χ0n) is 14.0. The molecule has 1 aliphatic heterocycles. The molecule has 1 heterocycles. The van der Waals surface area contributed by atoms with E-state index in [2.05, 4.69) is 0 Å². The molecule has 1 aromatic rings. The van der Waals surface area contributed by atoms with Gasteiger partial charge in [-0.25, -0.2) is 0 Å². The van der Waals surface area contributed by atoms with E-state index < -0.39 is 42.6 Å². The van der Waals surface area contributed by atoms with Crippen LogP contribution in [0.2, 0.25) is 0 Å². The largest absolute Gasteiger partial charge is 0.455 e. The van der Waals surface area contributed by atoms with Gasteiger partial charge in [-0.2, -0.15) is 0 Å². The fourth-order valence-corrected chi connectivity index (χ4v) is 2.56. The molecule has 0 unspecified atom stereocenters. The molecule has 0 aliphatic carbocycles. The molecule has 1 fully saturated rings. The van der Waals surface area contributed by atoms with Gasteiger partial charge in [0.15, 0.2) is 18.5 Å². The second-order valence-corrected chi connectivity index (χ2v) is 5.70. The Kier molecular flexibility index (Phi) is 6.89. The molecule has 1 saturated heterocycles. The van der Waals surface area contributed by atoms with Crippen molar-refractivity contribution < 1.29 is 38.7 Å². The predicted octanol–water partition coefficient (Wildman–Crippen LogP) is 0.145. The minimum absolute atomic E-state index is 0.0440. The van der Waals surface area contributed by atoms with Gasteiger partial charge in [0.25, 0.3) is 0 Å². The molecule has 2 N–H and O–H groups in total. The van der Waals surface area contributed by atoms with Gasteiger partial charge < -0.3 is 29.2 Å². The minimum Gasteiger partial charge on any atom is -0.455 e. The standard InChI is InChI=1S/C17H22O8/c1-10(18)23-15-14(20)13(25-17(21)16(15)24-11(2)19)9-22-8-12-6-4-3-5-7-12/h3-7,13-17,20-21H,8-9H2,1-2H3/t13-,14+,15-,16-,17-/m0/s1. The summed E-state index contributed by atoms with van der Waals surface area (Å²) >= 11 is 0. The number of ether oxygens (including phenoxy) is 4. The van der Waals surface area contributed by atoms with E-state index >= 15 is 0 Å². The van der Waals surface area contributed by atoms with Crippen LogP contribution in [-0.2, 0) is 35.1 Å². The van der Waals surface area contributed by atoms with Gasteiger partial charge >= 0.3 is 11.9 Å². The molecule has 8 heteroatoms. The van der Waals surface area contributed by atoms with Crippen molar-refractivity contribution in [1.82, 2.24) is 0 Å². The van der Waals surface area contributed by atoms with Crippen LogP contribution in [0.25, 0.3) is 0 Å². The third-order valence-corrected chi connectivity index (χ3v) is 3.63. The topological polar surface area (TPSA) is 112 Å². The lowest BCUT2D eigenvalue weighted by atomic mass is 9.98. The summed E-state index contributed by atoms with van der Waals surface area (Å²) in [4.78, 5) is 22.4. The Hall–Kier alpha value is -2.00. The summed E-state index contributed by atoms with van der Waals surface area (Å²) in [7, 11) is 0. The van der Waals surface area contributed by atoms with Crippen LogP contribution in [0.5, 0.6) is 0 Å². The smallest absolute Gasteiger partial charge is 0.303 e. The van der Waals surface area contributed by atoms with Crippen LogP contribution < -0.4 is 0 Å². The van der Waals surface area contributed by atoms with E-state index in [4.69, 9.17) is 18.9 Å². The van der Waals surface area contributed by atoms with E-state index in [1.807, 2.05) is 30.3 Å². The molecular weight excluding hydrogens is 332 g/mol. The molecule has 0 saturated carbocycles. The first-order valence-electron chi connectivity index (χ1n) is 7.86. The van der Waals surface area contributed by atoms with Crippen molar-refractivity contribution in [3.05, 3.63) is 35.9 Å². The second kappa shape index (κ2) is 8.91. The second-order valence-electron chi connectivity index (χ2n) is 5.70. The van der Waals surface area contributed by atoms with Gasteiger partial charge in [0.2, 0.25) is 0 Å². The summed E-state index contributed by atoms with van der Waals surface area (Å²) in [6.45, 7) is 2.53. The molecule has 1 aromatic carbocycles. The van der Waals surface area contributed by atoms with Crippen LogP contribution in [0.3, 0.4) is 0 Å². The van der Waals surface area contributed by atoms with E-state index in [-0.39, 0.29) is 13.2 Å². The molecular formula is C17H22O8. The van der Waals surface area contributed by atoms with Crippen molar-refractivity contribution in [1.29, 1.82) is 0 Å². The fraction of sp³-hybridized carbons (Fsp3) is 0.529. The first-order chi connectivity index (χ1) is 11.9. The number of hydrogen-bond acceptors (Lipinski definition) is 8. The Morgan fingerprint density at radius 2 is 1.64 bits per heavy atom. The molecule has 0 radical (unpaired) electrons. The van der Waals surface area contributed by atoms with Gasteiger partial charge in [-0.15, -0.1) is 0 Å². The summed E-state index contributed by atoms with van der Waals surface area (Å²) in [5.74, 6) is -1.38. The highest BCUT2D eigenvalue weighted by Gasteiger charge is 2.48. The van der Waals surface area contributed by atoms with Crippen LogP contribution in [0.1, 0.15) is 19.4 Å². The Balaban J connectivity index is 1.99. The van der Waals surface area contributed by atoms with Crippen LogP contribution >= 0.6 is 0 Å². The summed E-state index contributed by atoms with van der Waals surface area (Å²) < 4.78 is 20.7. The lowest BCUT2D eigenvalue weighted by molar-refractivity contribution is -0.295. The number of benzene rings is 1. The Morgan fingerprint density at radius 1 is 1.04 bits per heavy atom. The van der Waals surface area contributed by atoms with E-state index in [0.717, 1.165) is 19.4 Å². The maximum atomic E-state index is 11.3. The van der Waals surface area contributed by atoms with Crippen molar-refractivity contribution in [2.45, 2.75) is 51.2 Å². The minimum atomic E-state index is -1.55. The average molecular weight is 354 g/mol. The maximum Gasteiger partial charge on any atom is 0.303 e. The third-order valence-electron chi connectivity index (χ3n) is 3.63. The quantitative estimate of drug-likeness (QED) is 0.694. The highest BCUT2D eigenvalue weighted by Crippen LogP contribution is 2.25. The number of esters is 2. The summed E-state index contributed by atoms with van der Waals surface area (Å²) in [6, 6.07) is 9.38. The van der Waals surface area contributed by atoms with Crippen molar-refractivity contribution in [3.8, 4) is 0 Å². The van der Waals surface area contributed by atoms with Gasteiger partial charge in [-0.1, -0.05) is 30.3 Å². The number of hydrogen-bond donors (Lipinski definition) is 2. The molecule has 0 amide bonds. The van der Waals surface area contributed by atoms with E-state index in [0.29, 0.717) is 0 Å². The molecule has 2 rings (SSSR count). The monoisotopic (exact) mass is 354 g/mol. The summed E-state index contributed by atoms with van der Waals surface area (Å²) in [5.41, 5.74) is 0.933. The number of carbonyl (C=O) groups excluding carboxylic acids is 2. The van der Waals surface area contributed by atoms with E-state index in [1.54, 1.807) is 0 Å². The molecule has 8 nitrogen and oxygen atoms in total. The Morgan fingerprint density at radius 3 is 2.24 bits per heavy atom. The third kappa shape index (κ3) is 5.50. The zero-order valence-corrected chi connectivity index (χ0v) is 14.0. The number of rotatable bonds is 6. The maximum absolute atomic E-state index is 11.3. The highest BCUT2D eigenvalue weighted by atomic mass is 16.7. The van der Waals surface area contributed by atoms with Crippen LogP contribution in [-0.4, -0.2) is 59.5 Å². The SMILES string of the molecule is CC(=O)O[C@H]1[C@H](O)[C@H](COCc2ccccc2)O[C@H](O)[C@H]1OC(C)=O. The normalized spacial score (nSPS) is 29.0.